The number of fused-ring (bicyclic) bond motifs is 6. The summed E-state index contributed by atoms with van der Waals surface area (Å²) in [6.07, 6.45) is 9.75. The fraction of sp³-hybridized carbons (Fsp3) is 0.571. The molecule has 6 aliphatic rings. The third kappa shape index (κ3) is 9.98. The number of likely N-dealkylation sites (N-methyl/N-ethyl adjacent to an activating group) is 1. The zero-order valence-corrected chi connectivity index (χ0v) is 42.4. The number of nitrogens with one attached hydrogen (secondary N) is 3. The number of amides is 4. The molecule has 10 rings (SSSR count). The molecule has 4 aliphatic heterocycles. The van der Waals surface area contributed by atoms with Gasteiger partial charge in [0.15, 0.2) is 0 Å². The van der Waals surface area contributed by atoms with Crippen molar-refractivity contribution < 1.29 is 33.4 Å². The van der Waals surface area contributed by atoms with Crippen LogP contribution in [0.1, 0.15) is 108 Å². The molecule has 1 unspecified atom stereocenters. The van der Waals surface area contributed by atoms with Crippen LogP contribution in [0.5, 0.6) is 0 Å². The molecule has 71 heavy (non-hydrogen) atoms. The molecule has 2 aromatic carbocycles. The van der Waals surface area contributed by atoms with Gasteiger partial charge in [0.2, 0.25) is 17.7 Å². The van der Waals surface area contributed by atoms with E-state index in [2.05, 4.69) is 77.8 Å². The molecule has 6 heterocycles. The lowest BCUT2D eigenvalue weighted by atomic mass is 9.84. The van der Waals surface area contributed by atoms with Crippen molar-refractivity contribution in [1.82, 2.24) is 40.4 Å². The highest BCUT2D eigenvalue weighted by Crippen LogP contribution is 2.43. The number of nitrogens with zero attached hydrogens (tertiary/aromatic N) is 5. The molecule has 5 fully saturated rings. The summed E-state index contributed by atoms with van der Waals surface area (Å²) in [4.78, 5) is 80.1. The first-order valence-corrected chi connectivity index (χ1v) is 26.3. The summed E-state index contributed by atoms with van der Waals surface area (Å²) >= 11 is 0. The van der Waals surface area contributed by atoms with Crippen molar-refractivity contribution in [2.75, 3.05) is 40.4 Å². The number of hydrazine groups is 1. The lowest BCUT2D eigenvalue weighted by Crippen LogP contribution is -2.62. The molecule has 6 bridgehead atoms. The lowest BCUT2D eigenvalue weighted by molar-refractivity contribution is -0.155. The molecular weight excluding hydrogens is 897 g/mol. The molecule has 3 N–H and O–H groups in total. The van der Waals surface area contributed by atoms with Gasteiger partial charge in [-0.3, -0.25) is 39.3 Å². The molecule has 0 radical (unpaired) electrons. The van der Waals surface area contributed by atoms with Crippen molar-refractivity contribution in [3.8, 4) is 22.4 Å². The van der Waals surface area contributed by atoms with Gasteiger partial charge in [-0.1, -0.05) is 57.0 Å². The Kier molecular flexibility index (Phi) is 13.9. The summed E-state index contributed by atoms with van der Waals surface area (Å²) < 4.78 is 14.4. The molecule has 4 amide bonds. The van der Waals surface area contributed by atoms with Gasteiger partial charge in [-0.15, -0.1) is 0 Å². The topological polar surface area (TPSA) is 177 Å². The van der Waals surface area contributed by atoms with E-state index in [0.29, 0.717) is 57.8 Å². The van der Waals surface area contributed by atoms with Crippen molar-refractivity contribution in [3.63, 3.8) is 0 Å². The largest absolute Gasteiger partial charge is 0.464 e. The Morgan fingerprint density at radius 1 is 0.972 bits per heavy atom. The molecule has 7 atom stereocenters. The number of carbonyl (C=O) groups is 5. The van der Waals surface area contributed by atoms with Gasteiger partial charge in [-0.05, 0) is 124 Å². The van der Waals surface area contributed by atoms with Crippen molar-refractivity contribution >= 4 is 40.5 Å². The van der Waals surface area contributed by atoms with E-state index in [4.69, 9.17) is 14.5 Å². The number of hydrogen-bond donors (Lipinski definition) is 3. The van der Waals surface area contributed by atoms with Crippen LogP contribution in [0.25, 0.3) is 33.3 Å². The van der Waals surface area contributed by atoms with Crippen LogP contribution < -0.4 is 16.1 Å². The van der Waals surface area contributed by atoms with Gasteiger partial charge in [-0.25, -0.2) is 5.43 Å². The van der Waals surface area contributed by atoms with Gasteiger partial charge in [0.05, 0.1) is 30.0 Å². The highest BCUT2D eigenvalue weighted by atomic mass is 16.5. The summed E-state index contributed by atoms with van der Waals surface area (Å²) in [5, 5.41) is 9.13. The van der Waals surface area contributed by atoms with E-state index in [0.717, 1.165) is 88.6 Å². The zero-order chi connectivity index (χ0) is 49.7. The maximum atomic E-state index is 15.0. The van der Waals surface area contributed by atoms with Crippen LogP contribution in [0.3, 0.4) is 0 Å². The third-order valence-corrected chi connectivity index (χ3v) is 16.4. The Morgan fingerprint density at radius 3 is 2.52 bits per heavy atom. The van der Waals surface area contributed by atoms with Crippen molar-refractivity contribution in [2.45, 2.75) is 141 Å². The molecule has 2 aromatic heterocycles. The predicted molar refractivity (Wildman–Crippen MR) is 270 cm³/mol. The SMILES string of the molecule is CCn1c(-c2cccnc2[C@H](C)OC)c2c3cc(ccc31)-c1cccc(c1)C[C@H](NC(=O)C(C1CCCC1)N(C)C(=O)[C@@H]1CCN(C(=O)[C@@H]3N[C@@H]3C3CC3)C1)C(=O)N1CCC[C@H](N1)C(=O)OCC(C)(C)C2. The minimum absolute atomic E-state index is 0.0756. The van der Waals surface area contributed by atoms with Crippen LogP contribution in [0, 0.1) is 23.2 Å². The fourth-order valence-corrected chi connectivity index (χ4v) is 12.2. The number of benzene rings is 2. The minimum atomic E-state index is -1.02. The molecule has 378 valence electrons. The number of aromatic nitrogens is 2. The Balaban J connectivity index is 0.981. The second-order valence-electron chi connectivity index (χ2n) is 22.1. The lowest BCUT2D eigenvalue weighted by Gasteiger charge is -2.37. The molecule has 3 saturated heterocycles. The van der Waals surface area contributed by atoms with Crippen LogP contribution >= 0.6 is 0 Å². The van der Waals surface area contributed by atoms with E-state index in [1.807, 2.05) is 30.0 Å². The molecule has 4 aromatic rings. The average molecular weight is 969 g/mol. The van der Waals surface area contributed by atoms with Crippen molar-refractivity contribution in [1.29, 1.82) is 0 Å². The zero-order valence-electron chi connectivity index (χ0n) is 42.4. The number of methoxy groups -OCH3 is 1. The number of likely N-dealkylation sites (tertiary alicyclic amines) is 1. The summed E-state index contributed by atoms with van der Waals surface area (Å²) in [6.45, 7) is 10.5. The number of cyclic esters (lactones) is 1. The van der Waals surface area contributed by atoms with Crippen molar-refractivity contribution in [3.05, 3.63) is 77.6 Å². The number of rotatable bonds is 11. The van der Waals surface area contributed by atoms with Crippen molar-refractivity contribution in [2.24, 2.45) is 23.2 Å². The first-order chi connectivity index (χ1) is 34.2. The first kappa shape index (κ1) is 49.0. The van der Waals surface area contributed by atoms with Gasteiger partial charge in [0, 0.05) is 80.9 Å². The van der Waals surface area contributed by atoms with Gasteiger partial charge in [-0.2, -0.15) is 0 Å². The third-order valence-electron chi connectivity index (χ3n) is 16.4. The van der Waals surface area contributed by atoms with E-state index in [-0.39, 0.29) is 60.8 Å². The van der Waals surface area contributed by atoms with Gasteiger partial charge < -0.3 is 29.2 Å². The monoisotopic (exact) mass is 969 g/mol. The first-order valence-electron chi connectivity index (χ1n) is 26.3. The number of hydrogen-bond acceptors (Lipinski definition) is 10. The number of aryl methyl sites for hydroxylation is 1. The number of pyridine rings is 1. The smallest absolute Gasteiger partial charge is 0.324 e. The summed E-state index contributed by atoms with van der Waals surface area (Å²) in [5.41, 5.74) is 10.6. The van der Waals surface area contributed by atoms with E-state index in [9.17, 15) is 19.2 Å². The van der Waals surface area contributed by atoms with Crippen LogP contribution in [0.4, 0.5) is 0 Å². The number of esters is 1. The highest BCUT2D eigenvalue weighted by molar-refractivity contribution is 5.96. The summed E-state index contributed by atoms with van der Waals surface area (Å²) in [7, 11) is 3.42. The van der Waals surface area contributed by atoms with Crippen LogP contribution in [0.2, 0.25) is 0 Å². The quantitative estimate of drug-likeness (QED) is 0.113. The fourth-order valence-electron chi connectivity index (χ4n) is 12.2. The standard InChI is InChI=1S/C56H72N8O7/c1-7-63-45-22-21-38-29-41(45)42(50(63)40-17-11-24-57-46(40)33(2)70-6)30-56(3,4)32-71-55(69)43-18-12-25-64(60-43)53(67)44(28-34-13-10-16-37(38)27-34)58-51(65)49(36-14-8-9-15-36)61(5)52(66)39-23-26-62(31-39)54(68)48-47(59-48)35-19-20-35/h10-11,13,16-17,21-22,24,27,29,33,35-36,39,43-44,47-49,59-60H,7-9,12,14-15,18-20,23,25-26,28,30-32H2,1-6H3,(H,58,65)/t33-,39+,43-,44-,47+,48+,49?/m0/s1. The second-order valence-corrected chi connectivity index (χ2v) is 22.1. The molecule has 2 saturated carbocycles. The van der Waals surface area contributed by atoms with Gasteiger partial charge in [0.1, 0.15) is 24.2 Å². The Hall–Kier alpha value is -5.64. The molecular formula is C56H72N8O7. The number of carbonyl (C=O) groups excluding carboxylic acids is 5. The van der Waals surface area contributed by atoms with Crippen LogP contribution in [-0.2, 0) is 52.8 Å². The predicted octanol–water partition coefficient (Wildman–Crippen LogP) is 6.36. The van der Waals surface area contributed by atoms with Gasteiger partial charge in [0.25, 0.3) is 5.91 Å². The normalized spacial score (nSPS) is 25.6. The van der Waals surface area contributed by atoms with E-state index < -0.39 is 35.4 Å². The Morgan fingerprint density at radius 2 is 1.76 bits per heavy atom. The molecule has 15 nitrogen and oxygen atoms in total. The van der Waals surface area contributed by atoms with E-state index in [1.165, 1.54) is 5.01 Å². The highest BCUT2D eigenvalue weighted by Gasteiger charge is 2.53. The molecule has 0 spiro atoms. The summed E-state index contributed by atoms with van der Waals surface area (Å²) in [5.74, 6) is -1.13. The van der Waals surface area contributed by atoms with E-state index in [1.54, 1.807) is 25.3 Å². The summed E-state index contributed by atoms with van der Waals surface area (Å²) in [6, 6.07) is 16.3. The maximum Gasteiger partial charge on any atom is 0.324 e. The minimum Gasteiger partial charge on any atom is -0.464 e. The van der Waals surface area contributed by atoms with E-state index >= 15 is 4.79 Å². The van der Waals surface area contributed by atoms with Gasteiger partial charge >= 0.3 is 5.97 Å². The van der Waals surface area contributed by atoms with Crippen LogP contribution in [0.15, 0.2) is 60.8 Å². The number of ether oxygens (including phenoxy) is 2. The maximum absolute atomic E-state index is 15.0. The molecule has 15 heteroatoms. The van der Waals surface area contributed by atoms with Crippen LogP contribution in [-0.4, -0.2) is 125 Å². The Labute approximate surface area is 417 Å². The second kappa shape index (κ2) is 20.1. The Bertz CT molecular complexity index is 2690. The average Bonchev–Trinajstić information content (AvgIpc) is 4.24. The molecule has 2 aliphatic carbocycles.